The summed E-state index contributed by atoms with van der Waals surface area (Å²) >= 11 is 0. The lowest BCUT2D eigenvalue weighted by Gasteiger charge is -2.73. The fourth-order valence-corrected chi connectivity index (χ4v) is 21.6. The lowest BCUT2D eigenvalue weighted by molar-refractivity contribution is -0.282. The van der Waals surface area contributed by atoms with Gasteiger partial charge in [0.25, 0.3) is 0 Å². The number of piperidine rings is 2. The van der Waals surface area contributed by atoms with Crippen LogP contribution in [-0.2, 0) is 26.3 Å². The molecular formula is C61H79N3O5. The summed E-state index contributed by atoms with van der Waals surface area (Å²) in [7, 11) is 0. The van der Waals surface area contributed by atoms with Gasteiger partial charge < -0.3 is 25.2 Å². The highest BCUT2D eigenvalue weighted by molar-refractivity contribution is 6.00. The van der Waals surface area contributed by atoms with Gasteiger partial charge in [-0.25, -0.2) is 4.79 Å². The number of carbonyl (C=O) groups excluding carboxylic acids is 2. The van der Waals surface area contributed by atoms with E-state index in [9.17, 15) is 5.11 Å². The number of aliphatic hydroxyl groups excluding tert-OH is 1. The summed E-state index contributed by atoms with van der Waals surface area (Å²) in [5.41, 5.74) is 12.4. The number of nitrogens with zero attached hydrogens (tertiary/aromatic N) is 2. The molecule has 7 fully saturated rings. The van der Waals surface area contributed by atoms with Crippen molar-refractivity contribution in [3.05, 3.63) is 81.0 Å². The van der Waals surface area contributed by atoms with Gasteiger partial charge in [-0.1, -0.05) is 86.9 Å². The van der Waals surface area contributed by atoms with Crippen molar-refractivity contribution in [2.24, 2.45) is 81.2 Å². The third-order valence-corrected chi connectivity index (χ3v) is 23.8. The molecule has 12 bridgehead atoms. The third kappa shape index (κ3) is 5.51. The standard InChI is InChI=1S/C61H79N3O5/c1-35-26-41-18-19-47-43-27-36-32-63(34-43)48(42-13-8-23-58(31-42)21-5-6-22-58)30-49(65)55-59-24-20-44-52(54(41)64(47)33-36)45(35)28-40-17-16-39(37-10-3-2-4-11-37)29-50(60(59,53(40)44)57(67)68-55)61(59)46-15-7-12-38(14-9-25-62)51(46)56(66)69-61/h7,12,15-17,35-37,39-40,42-43,45,47-48,50,52,65H,2-6,8-11,13-14,18-34,62H2,1H3. The van der Waals surface area contributed by atoms with Crippen LogP contribution >= 0.6 is 0 Å². The van der Waals surface area contributed by atoms with Gasteiger partial charge in [-0.05, 0) is 180 Å². The number of allylic oxidation sites excluding steroid dienone is 4. The van der Waals surface area contributed by atoms with Crippen LogP contribution in [0, 0.1) is 75.4 Å². The van der Waals surface area contributed by atoms with Gasteiger partial charge in [0.15, 0.2) is 11.4 Å². The molecule has 9 aliphatic heterocycles. The molecule has 1 aromatic carbocycles. The van der Waals surface area contributed by atoms with E-state index in [4.69, 9.17) is 15.2 Å². The summed E-state index contributed by atoms with van der Waals surface area (Å²) in [4.78, 5) is 37.6. The van der Waals surface area contributed by atoms with Crippen LogP contribution < -0.4 is 5.73 Å². The molecule has 4 spiro atoms. The quantitative estimate of drug-likeness (QED) is 0.222. The van der Waals surface area contributed by atoms with Crippen molar-refractivity contribution in [1.82, 2.24) is 9.80 Å². The van der Waals surface area contributed by atoms with Crippen molar-refractivity contribution >= 4 is 11.9 Å². The molecule has 1 aromatic rings. The van der Waals surface area contributed by atoms with Crippen molar-refractivity contribution < 1.29 is 24.2 Å². The second-order valence-corrected chi connectivity index (χ2v) is 26.5. The highest BCUT2D eigenvalue weighted by Crippen LogP contribution is 2.88. The zero-order chi connectivity index (χ0) is 46.2. The third-order valence-electron chi connectivity index (χ3n) is 23.8. The Labute approximate surface area is 411 Å². The molecule has 3 N–H and O–H groups in total. The van der Waals surface area contributed by atoms with Gasteiger partial charge in [0, 0.05) is 61.2 Å². The van der Waals surface area contributed by atoms with Crippen molar-refractivity contribution in [3.63, 3.8) is 0 Å². The van der Waals surface area contributed by atoms with E-state index in [1.807, 2.05) is 0 Å². The van der Waals surface area contributed by atoms with Crippen molar-refractivity contribution in [1.29, 1.82) is 0 Å². The van der Waals surface area contributed by atoms with Crippen molar-refractivity contribution in [2.45, 2.75) is 179 Å². The number of carbonyl (C=O) groups is 2. The molecule has 9 heterocycles. The first kappa shape index (κ1) is 43.2. The first-order chi connectivity index (χ1) is 33.7. The second kappa shape index (κ2) is 15.3. The summed E-state index contributed by atoms with van der Waals surface area (Å²) in [5, 5.41) is 13.7. The van der Waals surface area contributed by atoms with Gasteiger partial charge in [-0.15, -0.1) is 0 Å². The molecule has 15 unspecified atom stereocenters. The van der Waals surface area contributed by atoms with E-state index in [2.05, 4.69) is 47.1 Å². The largest absolute Gasteiger partial charge is 0.509 e. The SMILES string of the molecule is CC1CC2=C3C4C5=C6C(C=CC(C7CCCCC7)CC7C68C(=O)OC(=C(O)CC(C6CCCC9(CCCC9)C6)N6CC9CC(C6)C(CC2)N3C9)C8(CC5)C72OC(=O)c3c(CCCN)cccc32)CC14. The van der Waals surface area contributed by atoms with Crippen LogP contribution in [0.25, 0.3) is 0 Å². The van der Waals surface area contributed by atoms with Crippen LogP contribution in [0.5, 0.6) is 0 Å². The Morgan fingerprint density at radius 1 is 0.841 bits per heavy atom. The van der Waals surface area contributed by atoms with Crippen LogP contribution in [0.15, 0.2) is 64.3 Å². The minimum atomic E-state index is -1.13. The number of hydrogen-bond donors (Lipinski definition) is 2. The Balaban J connectivity index is 1.00. The first-order valence-corrected chi connectivity index (χ1v) is 29.0. The van der Waals surface area contributed by atoms with E-state index in [0.717, 1.165) is 56.4 Å². The molecule has 368 valence electrons. The average Bonchev–Trinajstić information content (AvgIpc) is 4.02. The van der Waals surface area contributed by atoms with Crippen LogP contribution in [0.1, 0.15) is 176 Å². The number of benzene rings is 1. The minimum absolute atomic E-state index is 0.110. The van der Waals surface area contributed by atoms with Gasteiger partial charge in [0.1, 0.15) is 11.2 Å². The van der Waals surface area contributed by atoms with E-state index in [-0.39, 0.29) is 41.5 Å². The average molecular weight is 934 g/mol. The summed E-state index contributed by atoms with van der Waals surface area (Å²) in [6, 6.07) is 7.18. The van der Waals surface area contributed by atoms with Crippen molar-refractivity contribution in [2.75, 3.05) is 26.2 Å². The Bertz CT molecular complexity index is 2510. The van der Waals surface area contributed by atoms with Crippen LogP contribution in [0.3, 0.4) is 0 Å². The number of aliphatic hydroxyl groups is 1. The van der Waals surface area contributed by atoms with E-state index in [0.29, 0.717) is 90.0 Å². The molecule has 18 rings (SSSR count). The number of nitrogens with two attached hydrogens (primary N) is 1. The monoisotopic (exact) mass is 934 g/mol. The topological polar surface area (TPSA) is 105 Å². The van der Waals surface area contributed by atoms with E-state index < -0.39 is 16.4 Å². The molecule has 3 saturated heterocycles. The molecule has 69 heavy (non-hydrogen) atoms. The zero-order valence-electron chi connectivity index (χ0n) is 41.7. The number of hydrogen-bond acceptors (Lipinski definition) is 8. The van der Waals surface area contributed by atoms with E-state index in [1.165, 1.54) is 115 Å². The fourth-order valence-electron chi connectivity index (χ4n) is 21.6. The molecule has 4 saturated carbocycles. The fraction of sp³-hybridized carbons (Fsp3) is 0.738. The summed E-state index contributed by atoms with van der Waals surface area (Å²) in [6.07, 6.45) is 32.3. The molecule has 0 amide bonds. The summed E-state index contributed by atoms with van der Waals surface area (Å²) < 4.78 is 14.6. The number of rotatable bonds is 5. The Morgan fingerprint density at radius 2 is 1.68 bits per heavy atom. The Morgan fingerprint density at radius 3 is 2.54 bits per heavy atom. The highest BCUT2D eigenvalue weighted by atomic mass is 16.6. The van der Waals surface area contributed by atoms with Gasteiger partial charge in [-0.3, -0.25) is 9.69 Å². The molecule has 8 nitrogen and oxygen atoms in total. The number of ether oxygens (including phenoxy) is 2. The summed E-state index contributed by atoms with van der Waals surface area (Å²) in [5.74, 6) is 4.12. The molecular weight excluding hydrogens is 855 g/mol. The Hall–Kier alpha value is -3.36. The second-order valence-electron chi connectivity index (χ2n) is 26.5. The maximum Gasteiger partial charge on any atom is 0.339 e. The summed E-state index contributed by atoms with van der Waals surface area (Å²) in [6.45, 7) is 6.46. The van der Waals surface area contributed by atoms with Crippen LogP contribution in [0.4, 0.5) is 0 Å². The maximum absolute atomic E-state index is 16.5. The van der Waals surface area contributed by atoms with Gasteiger partial charge in [0.2, 0.25) is 0 Å². The van der Waals surface area contributed by atoms with E-state index in [1.54, 1.807) is 16.8 Å². The molecule has 0 aromatic heterocycles. The zero-order valence-corrected chi connectivity index (χ0v) is 41.7. The van der Waals surface area contributed by atoms with Crippen molar-refractivity contribution in [3.8, 4) is 0 Å². The first-order valence-electron chi connectivity index (χ1n) is 29.0. The maximum atomic E-state index is 16.5. The molecule has 0 radical (unpaired) electrons. The smallest absolute Gasteiger partial charge is 0.339 e. The predicted octanol–water partition coefficient (Wildman–Crippen LogP) is 11.6. The number of fused-ring (bicyclic) bond motifs is 3. The molecule has 8 heteroatoms. The lowest BCUT2D eigenvalue weighted by atomic mass is 9.27. The number of aryl methyl sites for hydroxylation is 1. The van der Waals surface area contributed by atoms with Gasteiger partial charge in [0.05, 0.1) is 11.0 Å². The van der Waals surface area contributed by atoms with Crippen LogP contribution in [-0.4, -0.2) is 65.1 Å². The Kier molecular flexibility index (Phi) is 9.61. The van der Waals surface area contributed by atoms with Gasteiger partial charge >= 0.3 is 11.9 Å². The van der Waals surface area contributed by atoms with Gasteiger partial charge in [-0.2, -0.15) is 0 Å². The lowest BCUT2D eigenvalue weighted by Crippen LogP contribution is -2.78. The molecule has 15 atom stereocenters. The minimum Gasteiger partial charge on any atom is -0.509 e. The normalized spacial score (nSPS) is 45.4. The predicted molar refractivity (Wildman–Crippen MR) is 265 cm³/mol. The molecule has 8 aliphatic carbocycles. The number of esters is 2. The van der Waals surface area contributed by atoms with Crippen LogP contribution in [0.2, 0.25) is 0 Å². The molecule has 17 aliphatic rings. The van der Waals surface area contributed by atoms with E-state index >= 15 is 9.59 Å². The highest BCUT2D eigenvalue weighted by Gasteiger charge is 2.94.